The zero-order valence-corrected chi connectivity index (χ0v) is 12.7. The van der Waals surface area contributed by atoms with Crippen molar-refractivity contribution in [2.24, 2.45) is 0 Å². The van der Waals surface area contributed by atoms with Gasteiger partial charge in [-0.1, -0.05) is 0 Å². The van der Waals surface area contributed by atoms with Crippen molar-refractivity contribution in [2.45, 2.75) is 17.5 Å². The van der Waals surface area contributed by atoms with Gasteiger partial charge in [0.15, 0.2) is 0 Å². The summed E-state index contributed by atoms with van der Waals surface area (Å²) in [6.45, 7) is 2.95. The van der Waals surface area contributed by atoms with Crippen LogP contribution in [0.1, 0.15) is 5.69 Å². The van der Waals surface area contributed by atoms with Gasteiger partial charge in [0.2, 0.25) is 10.0 Å². The van der Waals surface area contributed by atoms with Gasteiger partial charge in [0.05, 0.1) is 11.5 Å². The number of nitrogens with zero attached hydrogens (tertiary/aromatic N) is 2. The minimum absolute atomic E-state index is 0.161. The number of aromatic amines is 1. The van der Waals surface area contributed by atoms with Crippen LogP contribution >= 0.6 is 0 Å². The predicted molar refractivity (Wildman–Crippen MR) is 75.8 cm³/mol. The molecule has 0 bridgehead atoms. The molecule has 0 spiro atoms. The molecule has 1 aliphatic rings. The number of sulfonamides is 1. The van der Waals surface area contributed by atoms with E-state index in [1.165, 1.54) is 12.3 Å². The van der Waals surface area contributed by atoms with Crippen molar-refractivity contribution in [3.63, 3.8) is 0 Å². The van der Waals surface area contributed by atoms with Crippen LogP contribution in [-0.2, 0) is 16.6 Å². The summed E-state index contributed by atoms with van der Waals surface area (Å²) in [4.78, 5) is 7.25. The van der Waals surface area contributed by atoms with Crippen molar-refractivity contribution in [2.75, 3.05) is 40.3 Å². The van der Waals surface area contributed by atoms with Crippen molar-refractivity contribution >= 4 is 10.0 Å². The van der Waals surface area contributed by atoms with Crippen LogP contribution in [-0.4, -0.2) is 74.6 Å². The van der Waals surface area contributed by atoms with Gasteiger partial charge in [-0.25, -0.2) is 13.1 Å². The molecule has 0 aromatic carbocycles. The third-order valence-corrected chi connectivity index (χ3v) is 5.09. The first kappa shape index (κ1) is 15.5. The van der Waals surface area contributed by atoms with Gasteiger partial charge in [0.1, 0.15) is 0 Å². The van der Waals surface area contributed by atoms with E-state index in [1.807, 2.05) is 14.1 Å². The summed E-state index contributed by atoms with van der Waals surface area (Å²) < 4.78 is 26.9. The molecule has 0 amide bonds. The summed E-state index contributed by atoms with van der Waals surface area (Å²) in [5.74, 6) is 0. The predicted octanol–water partition coefficient (Wildman–Crippen LogP) is -0.969. The highest BCUT2D eigenvalue weighted by atomic mass is 32.2. The van der Waals surface area contributed by atoms with Crippen LogP contribution in [0.5, 0.6) is 0 Å². The molecule has 1 unspecified atom stereocenters. The molecule has 1 fully saturated rings. The summed E-state index contributed by atoms with van der Waals surface area (Å²) in [6, 6.07) is 1.61. The van der Waals surface area contributed by atoms with E-state index < -0.39 is 10.0 Å². The van der Waals surface area contributed by atoms with E-state index in [-0.39, 0.29) is 17.5 Å². The fourth-order valence-corrected chi connectivity index (χ4v) is 3.37. The third-order valence-electron chi connectivity index (χ3n) is 3.69. The van der Waals surface area contributed by atoms with E-state index in [1.54, 1.807) is 0 Å². The Morgan fingerprint density at radius 2 is 2.20 bits per heavy atom. The maximum atomic E-state index is 12.1. The highest BCUT2D eigenvalue weighted by molar-refractivity contribution is 7.89. The average molecular weight is 302 g/mol. The van der Waals surface area contributed by atoms with E-state index in [0.29, 0.717) is 12.2 Å². The quantitative estimate of drug-likeness (QED) is 0.651. The van der Waals surface area contributed by atoms with Crippen LogP contribution < -0.4 is 4.72 Å². The van der Waals surface area contributed by atoms with Crippen LogP contribution in [0.25, 0.3) is 0 Å². The minimum Gasteiger partial charge on any atom is -0.390 e. The molecule has 8 heteroatoms. The molecule has 1 aromatic rings. The Labute approximate surface area is 119 Å². The van der Waals surface area contributed by atoms with Gasteiger partial charge in [-0.05, 0) is 20.2 Å². The van der Waals surface area contributed by atoms with E-state index >= 15 is 0 Å². The molecule has 1 aromatic heterocycles. The van der Waals surface area contributed by atoms with Gasteiger partial charge < -0.3 is 15.0 Å². The smallest absolute Gasteiger partial charge is 0.242 e. The number of likely N-dealkylation sites (N-methyl/N-ethyl adjacent to an activating group) is 2. The molecule has 20 heavy (non-hydrogen) atoms. The van der Waals surface area contributed by atoms with Crippen molar-refractivity contribution in [3.8, 4) is 0 Å². The largest absolute Gasteiger partial charge is 0.390 e. The lowest BCUT2D eigenvalue weighted by molar-refractivity contribution is 0.117. The zero-order valence-electron chi connectivity index (χ0n) is 11.8. The number of aliphatic hydroxyl groups excluding tert-OH is 1. The Balaban J connectivity index is 1.98. The second kappa shape index (κ2) is 6.23. The molecular weight excluding hydrogens is 280 g/mol. The van der Waals surface area contributed by atoms with Gasteiger partial charge in [-0.15, -0.1) is 0 Å². The molecule has 0 saturated carbocycles. The van der Waals surface area contributed by atoms with Gasteiger partial charge in [-0.3, -0.25) is 4.90 Å². The third kappa shape index (κ3) is 3.58. The first-order valence-corrected chi connectivity index (χ1v) is 8.07. The number of hydrogen-bond donors (Lipinski definition) is 3. The summed E-state index contributed by atoms with van der Waals surface area (Å²) in [5.41, 5.74) is 0.486. The molecule has 2 heterocycles. The number of rotatable bonds is 5. The Bertz CT molecular complexity index is 543. The lowest BCUT2D eigenvalue weighted by Crippen LogP contribution is -2.54. The normalized spacial score (nSPS) is 22.2. The monoisotopic (exact) mass is 302 g/mol. The molecule has 1 aliphatic heterocycles. The molecule has 2 rings (SSSR count). The van der Waals surface area contributed by atoms with Crippen LogP contribution in [0, 0.1) is 0 Å². The number of hydrogen-bond acceptors (Lipinski definition) is 5. The SMILES string of the molecule is CN1CCN(C)C(CNS(=O)(=O)c2c[nH]c(CO)c2)C1. The van der Waals surface area contributed by atoms with E-state index in [2.05, 4.69) is 19.5 Å². The Kier molecular flexibility index (Phi) is 4.82. The van der Waals surface area contributed by atoms with Crippen LogP contribution in [0.15, 0.2) is 17.2 Å². The van der Waals surface area contributed by atoms with Gasteiger partial charge >= 0.3 is 0 Å². The van der Waals surface area contributed by atoms with Crippen molar-refractivity contribution in [1.29, 1.82) is 0 Å². The lowest BCUT2D eigenvalue weighted by atomic mass is 10.2. The molecule has 0 aliphatic carbocycles. The Morgan fingerprint density at radius 3 is 2.85 bits per heavy atom. The van der Waals surface area contributed by atoms with Gasteiger partial charge in [0.25, 0.3) is 0 Å². The molecule has 1 saturated heterocycles. The highest BCUT2D eigenvalue weighted by Crippen LogP contribution is 2.11. The van der Waals surface area contributed by atoms with Crippen LogP contribution in [0.3, 0.4) is 0 Å². The number of nitrogens with one attached hydrogen (secondary N) is 2. The van der Waals surface area contributed by atoms with E-state index in [9.17, 15) is 8.42 Å². The number of aromatic nitrogens is 1. The summed E-state index contributed by atoms with van der Waals surface area (Å²) in [5, 5.41) is 8.96. The fraction of sp³-hybridized carbons (Fsp3) is 0.667. The maximum Gasteiger partial charge on any atom is 0.242 e. The van der Waals surface area contributed by atoms with E-state index in [4.69, 9.17) is 5.11 Å². The first-order valence-electron chi connectivity index (χ1n) is 6.59. The van der Waals surface area contributed by atoms with Crippen molar-refractivity contribution < 1.29 is 13.5 Å². The lowest BCUT2D eigenvalue weighted by Gasteiger charge is -2.37. The molecule has 114 valence electrons. The van der Waals surface area contributed by atoms with Gasteiger partial charge in [0, 0.05) is 44.1 Å². The summed E-state index contributed by atoms with van der Waals surface area (Å²) in [6.07, 6.45) is 1.39. The molecule has 0 radical (unpaired) electrons. The van der Waals surface area contributed by atoms with Crippen LogP contribution in [0.4, 0.5) is 0 Å². The van der Waals surface area contributed by atoms with E-state index in [0.717, 1.165) is 19.6 Å². The molecule has 1 atom stereocenters. The topological polar surface area (TPSA) is 88.7 Å². The minimum atomic E-state index is -3.53. The molecular formula is C12H22N4O3S. The summed E-state index contributed by atoms with van der Waals surface area (Å²) >= 11 is 0. The van der Waals surface area contributed by atoms with Gasteiger partial charge in [-0.2, -0.15) is 0 Å². The maximum absolute atomic E-state index is 12.1. The number of H-pyrrole nitrogens is 1. The number of aliphatic hydroxyl groups is 1. The zero-order chi connectivity index (χ0) is 14.8. The van der Waals surface area contributed by atoms with Crippen molar-refractivity contribution in [1.82, 2.24) is 19.5 Å². The van der Waals surface area contributed by atoms with Crippen molar-refractivity contribution in [3.05, 3.63) is 18.0 Å². The molecule has 3 N–H and O–H groups in total. The summed E-state index contributed by atoms with van der Waals surface area (Å²) in [7, 11) is 0.515. The molecule has 7 nitrogen and oxygen atoms in total. The fourth-order valence-electron chi connectivity index (χ4n) is 2.28. The second-order valence-electron chi connectivity index (χ2n) is 5.27. The average Bonchev–Trinajstić information content (AvgIpc) is 2.89. The standard InChI is InChI=1S/C12H22N4O3S/c1-15-3-4-16(2)11(8-15)6-14-20(18,19)12-5-10(9-17)13-7-12/h5,7,11,13-14,17H,3-4,6,8-9H2,1-2H3. The first-order chi connectivity index (χ1) is 9.42. The van der Waals surface area contributed by atoms with Crippen LogP contribution in [0.2, 0.25) is 0 Å². The Morgan fingerprint density at radius 1 is 1.45 bits per heavy atom. The highest BCUT2D eigenvalue weighted by Gasteiger charge is 2.24. The number of piperazine rings is 1. The Hall–Kier alpha value is -0.930. The second-order valence-corrected chi connectivity index (χ2v) is 7.03.